The summed E-state index contributed by atoms with van der Waals surface area (Å²) in [7, 11) is 0. The molecule has 1 aliphatic rings. The maximum atomic E-state index is 12.6. The van der Waals surface area contributed by atoms with Gasteiger partial charge in [-0.3, -0.25) is 4.79 Å². The fourth-order valence-corrected chi connectivity index (χ4v) is 4.61. The van der Waals surface area contributed by atoms with Crippen molar-refractivity contribution in [3.63, 3.8) is 0 Å². The molecule has 30 heavy (non-hydrogen) atoms. The van der Waals surface area contributed by atoms with Crippen LogP contribution in [0, 0.1) is 19.8 Å². The Morgan fingerprint density at radius 1 is 1.10 bits per heavy atom. The number of aryl methyl sites for hydroxylation is 2. The third kappa shape index (κ3) is 6.83. The van der Waals surface area contributed by atoms with E-state index in [2.05, 4.69) is 15.3 Å². The fourth-order valence-electron chi connectivity index (χ4n) is 3.66. The summed E-state index contributed by atoms with van der Waals surface area (Å²) in [5, 5.41) is 3.57. The van der Waals surface area contributed by atoms with Crippen LogP contribution < -0.4 is 5.32 Å². The van der Waals surface area contributed by atoms with Crippen molar-refractivity contribution in [2.24, 2.45) is 5.92 Å². The zero-order valence-corrected chi connectivity index (χ0v) is 18.5. The maximum absolute atomic E-state index is 12.6. The van der Waals surface area contributed by atoms with E-state index in [1.807, 2.05) is 32.0 Å². The molecule has 1 aliphatic carbocycles. The van der Waals surface area contributed by atoms with Gasteiger partial charge in [-0.2, -0.15) is 0 Å². The highest BCUT2D eigenvalue weighted by atomic mass is 32.2. The second kappa shape index (κ2) is 11.1. The molecule has 1 heterocycles. The van der Waals surface area contributed by atoms with Gasteiger partial charge >= 0.3 is 5.97 Å². The lowest BCUT2D eigenvalue weighted by Gasteiger charge is -2.21. The number of nitrogens with zero attached hydrogens (tertiary/aromatic N) is 2. The number of hydrogen-bond acceptors (Lipinski definition) is 6. The molecule has 6 nitrogen and oxygen atoms in total. The van der Waals surface area contributed by atoms with Gasteiger partial charge in [0.1, 0.15) is 0 Å². The quantitative estimate of drug-likeness (QED) is 0.386. The molecule has 1 aromatic heterocycles. The van der Waals surface area contributed by atoms with Crippen molar-refractivity contribution in [1.29, 1.82) is 0 Å². The van der Waals surface area contributed by atoms with Crippen molar-refractivity contribution < 1.29 is 14.3 Å². The molecule has 1 saturated carbocycles. The smallest absolute Gasteiger partial charge is 0.338 e. The second-order valence-corrected chi connectivity index (χ2v) is 8.71. The van der Waals surface area contributed by atoms with Crippen molar-refractivity contribution in [2.45, 2.75) is 56.9 Å². The maximum Gasteiger partial charge on any atom is 0.338 e. The Kier molecular flexibility index (Phi) is 8.25. The van der Waals surface area contributed by atoms with Gasteiger partial charge in [0.15, 0.2) is 11.8 Å². The summed E-state index contributed by atoms with van der Waals surface area (Å²) < 4.78 is 5.27. The van der Waals surface area contributed by atoms with E-state index < -0.39 is 5.97 Å². The molecular formula is C23H29N3O3S. The number of nitrogens with one attached hydrogen (secondary N) is 1. The first-order valence-electron chi connectivity index (χ1n) is 10.5. The van der Waals surface area contributed by atoms with Gasteiger partial charge in [-0.05, 0) is 50.3 Å². The SMILES string of the molecule is Cc1cc(C)nc(SCc2ccccc2C(=O)OCC(=O)NCC2CCCCC2)n1. The Bertz CT molecular complexity index is 861. The topological polar surface area (TPSA) is 81.2 Å². The highest BCUT2D eigenvalue weighted by Crippen LogP contribution is 2.23. The highest BCUT2D eigenvalue weighted by Gasteiger charge is 2.17. The van der Waals surface area contributed by atoms with E-state index >= 15 is 0 Å². The van der Waals surface area contributed by atoms with Crippen molar-refractivity contribution in [1.82, 2.24) is 15.3 Å². The van der Waals surface area contributed by atoms with Crippen molar-refractivity contribution >= 4 is 23.6 Å². The second-order valence-electron chi connectivity index (χ2n) is 7.76. The molecule has 0 aliphatic heterocycles. The number of carbonyl (C=O) groups excluding carboxylic acids is 2. The van der Waals surface area contributed by atoms with Crippen LogP contribution in [0.4, 0.5) is 0 Å². The first-order valence-corrected chi connectivity index (χ1v) is 11.5. The minimum Gasteiger partial charge on any atom is -0.452 e. The van der Waals surface area contributed by atoms with Crippen molar-refractivity contribution in [3.05, 3.63) is 52.8 Å². The Morgan fingerprint density at radius 2 is 1.80 bits per heavy atom. The Morgan fingerprint density at radius 3 is 2.53 bits per heavy atom. The molecule has 7 heteroatoms. The molecule has 2 aromatic rings. The number of thioether (sulfide) groups is 1. The number of amides is 1. The van der Waals surface area contributed by atoms with Crippen molar-refractivity contribution in [2.75, 3.05) is 13.2 Å². The van der Waals surface area contributed by atoms with Gasteiger partial charge in [0.2, 0.25) is 0 Å². The van der Waals surface area contributed by atoms with Gasteiger partial charge in [-0.15, -0.1) is 0 Å². The van der Waals surface area contributed by atoms with Crippen LogP contribution in [0.25, 0.3) is 0 Å². The van der Waals surface area contributed by atoms with Crippen LogP contribution in [-0.4, -0.2) is 35.0 Å². The number of ether oxygens (including phenoxy) is 1. The van der Waals surface area contributed by atoms with E-state index in [1.165, 1.54) is 31.0 Å². The molecule has 1 amide bonds. The number of hydrogen-bond donors (Lipinski definition) is 1. The summed E-state index contributed by atoms with van der Waals surface area (Å²) in [6.07, 6.45) is 6.08. The van der Waals surface area contributed by atoms with E-state index in [0.29, 0.717) is 28.9 Å². The van der Waals surface area contributed by atoms with E-state index in [9.17, 15) is 9.59 Å². The molecule has 0 saturated heterocycles. The molecule has 0 radical (unpaired) electrons. The first kappa shape index (κ1) is 22.3. The lowest BCUT2D eigenvalue weighted by molar-refractivity contribution is -0.124. The van der Waals surface area contributed by atoms with E-state index in [4.69, 9.17) is 4.74 Å². The Labute approximate surface area is 182 Å². The Hall–Kier alpha value is -2.41. The van der Waals surface area contributed by atoms with Crippen molar-refractivity contribution in [3.8, 4) is 0 Å². The number of esters is 1. The summed E-state index contributed by atoms with van der Waals surface area (Å²) in [6.45, 7) is 4.28. The molecule has 1 N–H and O–H groups in total. The third-order valence-electron chi connectivity index (χ3n) is 5.20. The summed E-state index contributed by atoms with van der Waals surface area (Å²) in [4.78, 5) is 33.5. The lowest BCUT2D eigenvalue weighted by atomic mass is 9.89. The van der Waals surface area contributed by atoms with Crippen LogP contribution >= 0.6 is 11.8 Å². The summed E-state index contributed by atoms with van der Waals surface area (Å²) in [5.41, 5.74) is 3.13. The summed E-state index contributed by atoms with van der Waals surface area (Å²) in [6, 6.07) is 9.21. The van der Waals surface area contributed by atoms with Gasteiger partial charge in [0.05, 0.1) is 5.56 Å². The summed E-state index contributed by atoms with van der Waals surface area (Å²) >= 11 is 1.47. The van der Waals surface area contributed by atoms with Crippen LogP contribution in [-0.2, 0) is 15.3 Å². The number of carbonyl (C=O) groups is 2. The first-order chi connectivity index (χ1) is 14.5. The van der Waals surface area contributed by atoms with Gasteiger partial charge in [-0.1, -0.05) is 49.2 Å². The number of rotatable bonds is 8. The fraction of sp³-hybridized carbons (Fsp3) is 0.478. The average Bonchev–Trinajstić information content (AvgIpc) is 2.75. The predicted octanol–water partition coefficient (Wildman–Crippen LogP) is 4.24. The van der Waals surface area contributed by atoms with Gasteiger partial charge in [0, 0.05) is 23.7 Å². The van der Waals surface area contributed by atoms with Crippen LogP contribution in [0.5, 0.6) is 0 Å². The molecule has 0 unspecified atom stereocenters. The minimum absolute atomic E-state index is 0.246. The normalized spacial score (nSPS) is 14.3. The molecule has 1 aromatic carbocycles. The predicted molar refractivity (Wildman–Crippen MR) is 117 cm³/mol. The molecule has 0 atom stereocenters. The van der Waals surface area contributed by atoms with Gasteiger partial charge in [-0.25, -0.2) is 14.8 Å². The lowest BCUT2D eigenvalue weighted by Crippen LogP contribution is -2.33. The monoisotopic (exact) mass is 427 g/mol. The van der Waals surface area contributed by atoms with Crippen LogP contribution in [0.15, 0.2) is 35.5 Å². The standard InChI is InChI=1S/C23H29N3O3S/c1-16-12-17(2)26-23(25-16)30-15-19-10-6-7-11-20(19)22(28)29-14-21(27)24-13-18-8-4-3-5-9-18/h6-7,10-12,18H,3-5,8-9,13-15H2,1-2H3,(H,24,27). The molecule has 3 rings (SSSR count). The molecular weight excluding hydrogens is 398 g/mol. The molecule has 1 fully saturated rings. The molecule has 0 spiro atoms. The average molecular weight is 428 g/mol. The van der Waals surface area contributed by atoms with Gasteiger partial charge in [0.25, 0.3) is 5.91 Å². The molecule has 160 valence electrons. The summed E-state index contributed by atoms with van der Waals surface area (Å²) in [5.74, 6) is 0.357. The zero-order chi connectivity index (χ0) is 21.3. The van der Waals surface area contributed by atoms with Crippen LogP contribution in [0.1, 0.15) is 59.4 Å². The molecule has 0 bridgehead atoms. The Balaban J connectivity index is 1.51. The zero-order valence-electron chi connectivity index (χ0n) is 17.6. The largest absolute Gasteiger partial charge is 0.452 e. The van der Waals surface area contributed by atoms with E-state index in [1.54, 1.807) is 12.1 Å². The third-order valence-corrected chi connectivity index (χ3v) is 6.10. The minimum atomic E-state index is -0.486. The van der Waals surface area contributed by atoms with Crippen LogP contribution in [0.2, 0.25) is 0 Å². The van der Waals surface area contributed by atoms with E-state index in [0.717, 1.165) is 29.8 Å². The number of benzene rings is 1. The highest BCUT2D eigenvalue weighted by molar-refractivity contribution is 7.98. The van der Waals surface area contributed by atoms with Crippen LogP contribution in [0.3, 0.4) is 0 Å². The van der Waals surface area contributed by atoms with Gasteiger partial charge < -0.3 is 10.1 Å². The number of aromatic nitrogens is 2. The van der Waals surface area contributed by atoms with E-state index in [-0.39, 0.29) is 12.5 Å².